The first-order valence-corrected chi connectivity index (χ1v) is 0. The second kappa shape index (κ2) is 167. The summed E-state index contributed by atoms with van der Waals surface area (Å²) >= 11 is 0. The molecule has 0 aliphatic carbocycles. The summed E-state index contributed by atoms with van der Waals surface area (Å²) < 4.78 is 0. The Morgan fingerprint density at radius 3 is 0.400 bits per heavy atom. The van der Waals surface area contributed by atoms with Crippen molar-refractivity contribution in [3.05, 3.63) is 0 Å². The van der Waals surface area contributed by atoms with E-state index in [9.17, 15) is 0 Å². The molecular formula is In2O6SnZn. The Kier molecular flexibility index (Phi) is 3580. The summed E-state index contributed by atoms with van der Waals surface area (Å²) in [6.07, 6.45) is 0. The predicted molar refractivity (Wildman–Crippen MR) is 21.4 cm³/mol. The molecule has 0 saturated carbocycles. The molecule has 0 aliphatic heterocycles. The van der Waals surface area contributed by atoms with Gasteiger partial charge < -0.3 is 32.9 Å². The third-order valence-corrected chi connectivity index (χ3v) is 0. The summed E-state index contributed by atoms with van der Waals surface area (Å²) in [6.45, 7) is 0. The third-order valence-electron chi connectivity index (χ3n) is 0. The number of hydrogen-bond donors (Lipinski definition) is 0. The van der Waals surface area contributed by atoms with Gasteiger partial charge in [-0.3, -0.25) is 0 Å². The van der Waals surface area contributed by atoms with E-state index in [0.717, 1.165) is 0 Å². The average Bonchev–Trinajstić information content (AvgIpc) is 0. The summed E-state index contributed by atoms with van der Waals surface area (Å²) in [5, 5.41) is 0. The molecule has 0 aromatic carbocycles. The normalized spacial score (nSPS) is 0. The van der Waals surface area contributed by atoms with Gasteiger partial charge in [0.2, 0.25) is 0 Å². The number of rotatable bonds is 0. The van der Waals surface area contributed by atoms with Crippen LogP contribution in [0.5, 0.6) is 0 Å². The molecule has 0 N–H and O–H groups in total. The predicted octanol–water partition coefficient (Wildman–Crippen LogP) is -1.86. The summed E-state index contributed by atoms with van der Waals surface area (Å²) in [4.78, 5) is 0. The molecule has 0 atom stereocenters. The van der Waals surface area contributed by atoms with Crippen LogP contribution in [0.1, 0.15) is 0 Å². The first-order valence-electron chi connectivity index (χ1n) is 0. The molecule has 48 valence electrons. The van der Waals surface area contributed by atoms with Crippen LogP contribution in [0.4, 0.5) is 0 Å². The topological polar surface area (TPSA) is 171 Å². The Hall–Kier alpha value is 2.92. The van der Waals surface area contributed by atoms with Crippen molar-refractivity contribution in [3.8, 4) is 0 Å². The Balaban J connectivity index is 0. The first kappa shape index (κ1) is 215. The fourth-order valence-electron chi connectivity index (χ4n) is 0. The van der Waals surface area contributed by atoms with E-state index in [1.807, 2.05) is 0 Å². The molecule has 0 aliphatic rings. The Bertz CT molecular complexity index is 15.7. The average molecular weight is 510 g/mol. The zero-order valence-corrected chi connectivity index (χ0v) is 17.2. The van der Waals surface area contributed by atoms with Gasteiger partial charge in [-0.2, -0.15) is 0 Å². The quantitative estimate of drug-likeness (QED) is 0.334. The van der Waals surface area contributed by atoms with Crippen LogP contribution in [0.2, 0.25) is 0 Å². The largest absolute Gasteiger partial charge is 4.00 e. The first-order chi connectivity index (χ1) is 0. The van der Waals surface area contributed by atoms with Crippen molar-refractivity contribution in [2.24, 2.45) is 0 Å². The molecule has 0 bridgehead atoms. The Morgan fingerprint density at radius 1 is 0.400 bits per heavy atom. The van der Waals surface area contributed by atoms with Gasteiger partial charge in [0.25, 0.3) is 0 Å². The molecular weight excluding hydrogens is 510 g/mol. The molecule has 0 spiro atoms. The summed E-state index contributed by atoms with van der Waals surface area (Å²) in [7, 11) is 0. The zero-order chi connectivity index (χ0) is 0. The van der Waals surface area contributed by atoms with Crippen LogP contribution < -0.4 is 0 Å². The summed E-state index contributed by atoms with van der Waals surface area (Å²) in [5.41, 5.74) is 0. The van der Waals surface area contributed by atoms with Gasteiger partial charge in [0.1, 0.15) is 0 Å². The molecule has 0 radical (unpaired) electrons. The number of hydrogen-bond acceptors (Lipinski definition) is 0. The maximum atomic E-state index is 0. The smallest absolute Gasteiger partial charge is 2.00 e. The molecule has 6 nitrogen and oxygen atoms in total. The van der Waals surface area contributed by atoms with Crippen LogP contribution >= 0.6 is 0 Å². The van der Waals surface area contributed by atoms with Crippen molar-refractivity contribution in [2.75, 3.05) is 0 Å². The van der Waals surface area contributed by atoms with Crippen LogP contribution in [0.15, 0.2) is 0 Å². The second-order valence-electron chi connectivity index (χ2n) is 0. The molecule has 0 aromatic rings. The van der Waals surface area contributed by atoms with E-state index in [1.54, 1.807) is 0 Å². The molecule has 0 unspecified atom stereocenters. The fourth-order valence-corrected chi connectivity index (χ4v) is 0. The van der Waals surface area contributed by atoms with E-state index in [4.69, 9.17) is 0 Å². The maximum Gasteiger partial charge on any atom is 4.00 e. The maximum absolute atomic E-state index is 0. The minimum absolute atomic E-state index is 0. The van der Waals surface area contributed by atoms with Crippen molar-refractivity contribution in [2.45, 2.75) is 0 Å². The molecule has 0 aromatic heterocycles. The van der Waals surface area contributed by atoms with Crippen LogP contribution in [0, 0.1) is 0 Å². The molecule has 0 rings (SSSR count). The van der Waals surface area contributed by atoms with E-state index in [0.29, 0.717) is 0 Å². The van der Waals surface area contributed by atoms with Crippen molar-refractivity contribution in [1.29, 1.82) is 0 Å². The second-order valence-corrected chi connectivity index (χ2v) is 0. The van der Waals surface area contributed by atoms with Crippen molar-refractivity contribution >= 4 is 75.6 Å². The van der Waals surface area contributed by atoms with Crippen molar-refractivity contribution in [1.82, 2.24) is 0 Å². The van der Waals surface area contributed by atoms with E-state index in [2.05, 4.69) is 0 Å². The summed E-state index contributed by atoms with van der Waals surface area (Å²) in [5.74, 6) is 0. The van der Waals surface area contributed by atoms with Crippen molar-refractivity contribution < 1.29 is 52.3 Å². The van der Waals surface area contributed by atoms with Gasteiger partial charge in [0.05, 0.1) is 0 Å². The Labute approximate surface area is 126 Å². The SMILES string of the molecule is [In+3].[In+3].[O-2].[O-2].[O-2].[O-2].[O-2].[O-2].[Sn+4].[Zn+2]. The van der Waals surface area contributed by atoms with Gasteiger partial charge in [0, 0.05) is 0 Å². The minimum Gasteiger partial charge on any atom is -2.00 e. The monoisotopic (exact) mass is 510 g/mol. The zero-order valence-electron chi connectivity index (χ0n) is 4.81. The molecule has 10 heteroatoms. The van der Waals surface area contributed by atoms with Crippen LogP contribution in [-0.4, -0.2) is 75.6 Å². The molecule has 0 heterocycles. The van der Waals surface area contributed by atoms with Gasteiger partial charge in [-0.15, -0.1) is 0 Å². The molecule has 0 amide bonds. The molecule has 10 heavy (non-hydrogen) atoms. The molecule has 0 saturated heterocycles. The van der Waals surface area contributed by atoms with Gasteiger partial charge >= 0.3 is 95.1 Å². The molecule has 0 fully saturated rings. The van der Waals surface area contributed by atoms with Gasteiger partial charge in [0.15, 0.2) is 0 Å². The van der Waals surface area contributed by atoms with Crippen molar-refractivity contribution in [3.63, 3.8) is 0 Å². The van der Waals surface area contributed by atoms with E-state index in [-0.39, 0.29) is 128 Å². The van der Waals surface area contributed by atoms with Gasteiger partial charge in [-0.1, -0.05) is 0 Å². The van der Waals surface area contributed by atoms with Crippen LogP contribution in [0.3, 0.4) is 0 Å². The standard InChI is InChI=1S/2In.6O.Sn.Zn/q2*+3;6*-2;+4;+2. The van der Waals surface area contributed by atoms with E-state index in [1.165, 1.54) is 0 Å². The fraction of sp³-hybridized carbons (Fsp3) is 0. The third kappa shape index (κ3) is 126. The van der Waals surface area contributed by atoms with Gasteiger partial charge in [-0.25, -0.2) is 0 Å². The van der Waals surface area contributed by atoms with E-state index < -0.39 is 0 Å². The summed E-state index contributed by atoms with van der Waals surface area (Å²) in [6, 6.07) is 0. The van der Waals surface area contributed by atoms with Crippen LogP contribution in [0.25, 0.3) is 0 Å². The minimum atomic E-state index is 0. The Morgan fingerprint density at radius 2 is 0.400 bits per heavy atom. The van der Waals surface area contributed by atoms with E-state index >= 15 is 0 Å². The van der Waals surface area contributed by atoms with Gasteiger partial charge in [-0.05, 0) is 0 Å². The van der Waals surface area contributed by atoms with Crippen LogP contribution in [-0.2, 0) is 52.3 Å².